The van der Waals surface area contributed by atoms with Crippen LogP contribution in [0.2, 0.25) is 0 Å². The lowest BCUT2D eigenvalue weighted by atomic mass is 10.3. The van der Waals surface area contributed by atoms with Gasteiger partial charge in [0.05, 0.1) is 6.42 Å². The van der Waals surface area contributed by atoms with Gasteiger partial charge >= 0.3 is 0 Å². The minimum absolute atomic E-state index is 0.228. The smallest absolute Gasteiger partial charge is 0.231 e. The highest BCUT2D eigenvalue weighted by Gasteiger charge is 2.03. The van der Waals surface area contributed by atoms with E-state index in [9.17, 15) is 14.0 Å². The Morgan fingerprint density at radius 1 is 1.50 bits per heavy atom. The molecule has 1 amide bonds. The number of amides is 1. The molecule has 0 saturated carbocycles. The average Bonchev–Trinajstić information content (AvgIpc) is 2.01. The first-order chi connectivity index (χ1) is 6.61. The molecule has 0 heterocycles. The number of halogens is 2. The fraction of sp³-hybridized carbons (Fsp3) is 0.111. The first-order valence-corrected chi connectivity index (χ1v) is 4.60. The first kappa shape index (κ1) is 10.8. The molecule has 0 spiro atoms. The van der Waals surface area contributed by atoms with Crippen molar-refractivity contribution in [3.8, 4) is 0 Å². The minimum Gasteiger partial charge on any atom is -0.326 e. The molecular weight excluding hydrogens is 253 g/mol. The predicted octanol–water partition coefficient (Wildman–Crippen LogP) is 2.12. The lowest BCUT2D eigenvalue weighted by Gasteiger charge is -2.03. The molecule has 0 aromatic heterocycles. The Morgan fingerprint density at radius 3 is 2.79 bits per heavy atom. The number of aldehydes is 1. The number of hydrogen-bond donors (Lipinski definition) is 1. The second-order valence-electron chi connectivity index (χ2n) is 2.58. The van der Waals surface area contributed by atoms with E-state index in [4.69, 9.17) is 0 Å². The third kappa shape index (κ3) is 3.26. The van der Waals surface area contributed by atoms with E-state index >= 15 is 0 Å². The van der Waals surface area contributed by atoms with Gasteiger partial charge in [0.2, 0.25) is 5.91 Å². The van der Waals surface area contributed by atoms with E-state index in [-0.39, 0.29) is 6.42 Å². The van der Waals surface area contributed by atoms with Crippen molar-refractivity contribution in [3.63, 3.8) is 0 Å². The van der Waals surface area contributed by atoms with Gasteiger partial charge in [-0.2, -0.15) is 0 Å². The van der Waals surface area contributed by atoms with Gasteiger partial charge in [0.25, 0.3) is 0 Å². The number of carbonyl (C=O) groups excluding carboxylic acids is 2. The molecule has 0 atom stereocenters. The molecule has 14 heavy (non-hydrogen) atoms. The van der Waals surface area contributed by atoms with Gasteiger partial charge in [-0.15, -0.1) is 0 Å². The lowest BCUT2D eigenvalue weighted by Crippen LogP contribution is -2.11. The van der Waals surface area contributed by atoms with Gasteiger partial charge in [0, 0.05) is 10.2 Å². The van der Waals surface area contributed by atoms with E-state index in [0.29, 0.717) is 16.4 Å². The van der Waals surface area contributed by atoms with Crippen molar-refractivity contribution in [2.24, 2.45) is 0 Å². The van der Waals surface area contributed by atoms with Crippen LogP contribution in [0.1, 0.15) is 6.42 Å². The highest BCUT2D eigenvalue weighted by molar-refractivity contribution is 9.10. The molecule has 1 N–H and O–H groups in total. The van der Waals surface area contributed by atoms with Crippen molar-refractivity contribution in [1.82, 2.24) is 0 Å². The van der Waals surface area contributed by atoms with Crippen LogP contribution in [0, 0.1) is 5.82 Å². The normalized spacial score (nSPS) is 9.57. The highest BCUT2D eigenvalue weighted by Crippen LogP contribution is 2.18. The third-order valence-corrected chi connectivity index (χ3v) is 1.87. The average molecular weight is 260 g/mol. The lowest BCUT2D eigenvalue weighted by molar-refractivity contribution is -0.119. The summed E-state index contributed by atoms with van der Waals surface area (Å²) in [4.78, 5) is 21.0. The molecule has 0 aliphatic rings. The summed E-state index contributed by atoms with van der Waals surface area (Å²) in [6, 6.07) is 3.99. The van der Waals surface area contributed by atoms with Crippen molar-refractivity contribution in [2.75, 3.05) is 5.32 Å². The molecule has 0 fully saturated rings. The highest BCUT2D eigenvalue weighted by atomic mass is 79.9. The number of carbonyl (C=O) groups is 2. The summed E-state index contributed by atoms with van der Waals surface area (Å²) in [7, 11) is 0. The van der Waals surface area contributed by atoms with Crippen LogP contribution in [-0.4, -0.2) is 12.2 Å². The second kappa shape index (κ2) is 4.85. The Balaban J connectivity index is 2.76. The summed E-state index contributed by atoms with van der Waals surface area (Å²) in [5.41, 5.74) is 0.323. The van der Waals surface area contributed by atoms with Crippen molar-refractivity contribution >= 4 is 33.8 Å². The molecule has 0 radical (unpaired) electrons. The number of nitrogens with one attached hydrogen (secondary N) is 1. The Labute approximate surface area is 88.4 Å². The van der Waals surface area contributed by atoms with Crippen molar-refractivity contribution in [2.45, 2.75) is 6.42 Å². The Hall–Kier alpha value is -1.23. The monoisotopic (exact) mass is 259 g/mol. The summed E-state index contributed by atoms with van der Waals surface area (Å²) >= 11 is 3.08. The van der Waals surface area contributed by atoms with Crippen LogP contribution in [-0.2, 0) is 9.59 Å². The fourth-order valence-electron chi connectivity index (χ4n) is 0.914. The standard InChI is InChI=1S/C9H7BrFNO2/c10-6-3-7(11)5-8(4-6)12-9(14)1-2-13/h2-5H,1H2,(H,12,14). The zero-order chi connectivity index (χ0) is 10.6. The molecule has 3 nitrogen and oxygen atoms in total. The molecule has 0 aliphatic carbocycles. The second-order valence-corrected chi connectivity index (χ2v) is 3.49. The summed E-state index contributed by atoms with van der Waals surface area (Å²) in [5.74, 6) is -0.918. The van der Waals surface area contributed by atoms with Gasteiger partial charge in [-0.3, -0.25) is 4.79 Å². The van der Waals surface area contributed by atoms with Gasteiger partial charge in [-0.25, -0.2) is 4.39 Å². The first-order valence-electron chi connectivity index (χ1n) is 3.81. The third-order valence-electron chi connectivity index (χ3n) is 1.42. The van der Waals surface area contributed by atoms with E-state index in [2.05, 4.69) is 21.2 Å². The van der Waals surface area contributed by atoms with Gasteiger partial charge < -0.3 is 10.1 Å². The SMILES string of the molecule is O=CCC(=O)Nc1cc(F)cc(Br)c1. The van der Waals surface area contributed by atoms with E-state index in [1.54, 1.807) is 6.07 Å². The minimum atomic E-state index is -0.461. The predicted molar refractivity (Wildman–Crippen MR) is 53.4 cm³/mol. The number of hydrogen-bond acceptors (Lipinski definition) is 2. The van der Waals surface area contributed by atoms with E-state index < -0.39 is 11.7 Å². The molecule has 0 unspecified atom stereocenters. The van der Waals surface area contributed by atoms with Crippen LogP contribution in [0.25, 0.3) is 0 Å². The molecule has 1 aromatic rings. The largest absolute Gasteiger partial charge is 0.326 e. The summed E-state index contributed by atoms with van der Waals surface area (Å²) in [6.45, 7) is 0. The maximum Gasteiger partial charge on any atom is 0.231 e. The van der Waals surface area contributed by atoms with Gasteiger partial charge in [0.15, 0.2) is 0 Å². The summed E-state index contributed by atoms with van der Waals surface area (Å²) in [6.07, 6.45) is 0.262. The Morgan fingerprint density at radius 2 is 2.21 bits per heavy atom. The Kier molecular flexibility index (Phi) is 3.76. The molecule has 5 heteroatoms. The van der Waals surface area contributed by atoms with Gasteiger partial charge in [-0.05, 0) is 18.2 Å². The van der Waals surface area contributed by atoms with Gasteiger partial charge in [0.1, 0.15) is 12.1 Å². The van der Waals surface area contributed by atoms with Crippen LogP contribution in [0.15, 0.2) is 22.7 Å². The van der Waals surface area contributed by atoms with Crippen molar-refractivity contribution in [1.29, 1.82) is 0 Å². The zero-order valence-corrected chi connectivity index (χ0v) is 8.67. The summed E-state index contributed by atoms with van der Waals surface area (Å²) < 4.78 is 13.3. The molecule has 74 valence electrons. The van der Waals surface area contributed by atoms with Crippen LogP contribution in [0.5, 0.6) is 0 Å². The maximum atomic E-state index is 12.8. The molecule has 0 saturated heterocycles. The van der Waals surface area contributed by atoms with Crippen LogP contribution >= 0.6 is 15.9 Å². The Bertz CT molecular complexity index is 348. The maximum absolute atomic E-state index is 12.8. The topological polar surface area (TPSA) is 46.2 Å². The van der Waals surface area contributed by atoms with E-state index in [0.717, 1.165) is 0 Å². The number of rotatable bonds is 3. The van der Waals surface area contributed by atoms with Gasteiger partial charge in [-0.1, -0.05) is 15.9 Å². The number of anilines is 1. The molecule has 1 rings (SSSR count). The molecular formula is C9H7BrFNO2. The fourth-order valence-corrected chi connectivity index (χ4v) is 1.38. The zero-order valence-electron chi connectivity index (χ0n) is 7.09. The van der Waals surface area contributed by atoms with Crippen LogP contribution in [0.3, 0.4) is 0 Å². The van der Waals surface area contributed by atoms with Crippen LogP contribution < -0.4 is 5.32 Å². The number of benzene rings is 1. The van der Waals surface area contributed by atoms with E-state index in [1.807, 2.05) is 0 Å². The van der Waals surface area contributed by atoms with Crippen LogP contribution in [0.4, 0.5) is 10.1 Å². The van der Waals surface area contributed by atoms with E-state index in [1.165, 1.54) is 12.1 Å². The summed E-state index contributed by atoms with van der Waals surface area (Å²) in [5, 5.41) is 2.38. The molecule has 0 aliphatic heterocycles. The van der Waals surface area contributed by atoms with Crippen molar-refractivity contribution < 1.29 is 14.0 Å². The quantitative estimate of drug-likeness (QED) is 0.668. The molecule has 1 aromatic carbocycles. The van der Waals surface area contributed by atoms with Crippen molar-refractivity contribution in [3.05, 3.63) is 28.5 Å². The molecule has 0 bridgehead atoms.